The summed E-state index contributed by atoms with van der Waals surface area (Å²) in [5.41, 5.74) is 1.81. The molecule has 2 rings (SSSR count). The molecule has 1 aromatic rings. The average Bonchev–Trinajstić information content (AvgIpc) is 2.57. The maximum Gasteiger partial charge on any atom is 0.224 e. The van der Waals surface area contributed by atoms with Crippen LogP contribution in [0.3, 0.4) is 0 Å². The standard InChI is InChI=1S/C13H15NO3S/c1-10-3-2-4-12(7-10)14-13(15)8-11-5-6-18(16,17)9-11/h2-7,11H,8-9H2,1H3,(H,14,15)/t11-/m0/s1. The van der Waals surface area contributed by atoms with Crippen LogP contribution in [0.2, 0.25) is 0 Å². The smallest absolute Gasteiger partial charge is 0.224 e. The summed E-state index contributed by atoms with van der Waals surface area (Å²) in [5, 5.41) is 3.96. The molecule has 1 aliphatic rings. The van der Waals surface area contributed by atoms with Crippen molar-refractivity contribution in [3.8, 4) is 0 Å². The zero-order valence-corrected chi connectivity index (χ0v) is 10.9. The first-order valence-corrected chi connectivity index (χ1v) is 7.44. The van der Waals surface area contributed by atoms with Crippen molar-refractivity contribution in [2.75, 3.05) is 11.1 Å². The van der Waals surface area contributed by atoms with E-state index in [9.17, 15) is 13.2 Å². The van der Waals surface area contributed by atoms with Crippen molar-refractivity contribution >= 4 is 21.4 Å². The molecule has 18 heavy (non-hydrogen) atoms. The van der Waals surface area contributed by atoms with Crippen LogP contribution in [0, 0.1) is 12.8 Å². The van der Waals surface area contributed by atoms with E-state index < -0.39 is 9.84 Å². The number of carbonyl (C=O) groups is 1. The van der Waals surface area contributed by atoms with Crippen molar-refractivity contribution in [2.45, 2.75) is 13.3 Å². The largest absolute Gasteiger partial charge is 0.326 e. The van der Waals surface area contributed by atoms with Crippen molar-refractivity contribution < 1.29 is 13.2 Å². The van der Waals surface area contributed by atoms with E-state index in [1.54, 1.807) is 6.08 Å². The van der Waals surface area contributed by atoms with Gasteiger partial charge in [-0.3, -0.25) is 4.79 Å². The van der Waals surface area contributed by atoms with Crippen molar-refractivity contribution in [1.82, 2.24) is 0 Å². The van der Waals surface area contributed by atoms with Gasteiger partial charge in [0.05, 0.1) is 5.75 Å². The van der Waals surface area contributed by atoms with E-state index in [1.807, 2.05) is 31.2 Å². The molecule has 0 spiro atoms. The van der Waals surface area contributed by atoms with Gasteiger partial charge < -0.3 is 5.32 Å². The van der Waals surface area contributed by atoms with Crippen molar-refractivity contribution in [1.29, 1.82) is 0 Å². The molecule has 1 amide bonds. The van der Waals surface area contributed by atoms with Gasteiger partial charge in [-0.1, -0.05) is 18.2 Å². The van der Waals surface area contributed by atoms with Crippen molar-refractivity contribution in [3.63, 3.8) is 0 Å². The topological polar surface area (TPSA) is 63.2 Å². The Morgan fingerprint density at radius 2 is 2.22 bits per heavy atom. The van der Waals surface area contributed by atoms with E-state index in [0.29, 0.717) is 0 Å². The van der Waals surface area contributed by atoms with Gasteiger partial charge in [-0.2, -0.15) is 0 Å². The molecular formula is C13H15NO3S. The summed E-state index contributed by atoms with van der Waals surface area (Å²) in [4.78, 5) is 11.8. The molecule has 5 heteroatoms. The van der Waals surface area contributed by atoms with Gasteiger partial charge in [-0.15, -0.1) is 0 Å². The zero-order chi connectivity index (χ0) is 13.2. The van der Waals surface area contributed by atoms with Crippen LogP contribution < -0.4 is 5.32 Å². The zero-order valence-electron chi connectivity index (χ0n) is 10.1. The molecule has 0 saturated carbocycles. The lowest BCUT2D eigenvalue weighted by atomic mass is 10.1. The SMILES string of the molecule is Cc1cccc(NC(=O)C[C@@H]2C=CS(=O)(=O)C2)c1. The van der Waals surface area contributed by atoms with Gasteiger partial charge in [-0.25, -0.2) is 8.42 Å². The first kappa shape index (κ1) is 12.8. The molecule has 0 radical (unpaired) electrons. The molecule has 4 nitrogen and oxygen atoms in total. The summed E-state index contributed by atoms with van der Waals surface area (Å²) in [5.74, 6) is -0.332. The lowest BCUT2D eigenvalue weighted by Gasteiger charge is -2.08. The predicted molar refractivity (Wildman–Crippen MR) is 70.8 cm³/mol. The highest BCUT2D eigenvalue weighted by molar-refractivity contribution is 7.94. The molecule has 0 saturated heterocycles. The Morgan fingerprint density at radius 1 is 1.44 bits per heavy atom. The van der Waals surface area contributed by atoms with Crippen LogP contribution in [-0.2, 0) is 14.6 Å². The molecule has 96 valence electrons. The summed E-state index contributed by atoms with van der Waals surface area (Å²) >= 11 is 0. The van der Waals surface area contributed by atoms with E-state index >= 15 is 0 Å². The molecule has 0 bridgehead atoms. The Kier molecular flexibility index (Phi) is 3.52. The molecule has 0 aromatic heterocycles. The summed E-state index contributed by atoms with van der Waals surface area (Å²) in [6.45, 7) is 1.95. The van der Waals surface area contributed by atoms with Gasteiger partial charge in [0.1, 0.15) is 0 Å². The highest BCUT2D eigenvalue weighted by atomic mass is 32.2. The summed E-state index contributed by atoms with van der Waals surface area (Å²) in [6.07, 6.45) is 1.79. The van der Waals surface area contributed by atoms with Gasteiger partial charge in [0, 0.05) is 23.4 Å². The van der Waals surface area contributed by atoms with Crippen molar-refractivity contribution in [3.05, 3.63) is 41.3 Å². The maximum atomic E-state index is 11.8. The predicted octanol–water partition coefficient (Wildman–Crippen LogP) is 1.88. The summed E-state index contributed by atoms with van der Waals surface area (Å²) in [7, 11) is -3.08. The third kappa shape index (κ3) is 3.43. The Balaban J connectivity index is 1.92. The molecule has 1 N–H and O–H groups in total. The van der Waals surface area contributed by atoms with E-state index in [1.165, 1.54) is 5.41 Å². The molecule has 1 aliphatic heterocycles. The second-order valence-corrected chi connectivity index (χ2v) is 6.47. The van der Waals surface area contributed by atoms with Gasteiger partial charge >= 0.3 is 0 Å². The number of hydrogen-bond acceptors (Lipinski definition) is 3. The number of aryl methyl sites for hydroxylation is 1. The lowest BCUT2D eigenvalue weighted by Crippen LogP contribution is -2.17. The minimum absolute atomic E-state index is 0.0359. The second-order valence-electron chi connectivity index (χ2n) is 4.54. The molecule has 1 aromatic carbocycles. The monoisotopic (exact) mass is 265 g/mol. The minimum atomic E-state index is -3.08. The number of carbonyl (C=O) groups excluding carboxylic acids is 1. The Labute approximate surface area is 107 Å². The maximum absolute atomic E-state index is 11.8. The third-order valence-electron chi connectivity index (χ3n) is 2.75. The quantitative estimate of drug-likeness (QED) is 0.907. The number of rotatable bonds is 3. The first-order chi connectivity index (χ1) is 8.44. The molecule has 1 heterocycles. The Bertz CT molecular complexity index is 590. The third-order valence-corrected chi connectivity index (χ3v) is 4.22. The first-order valence-electron chi connectivity index (χ1n) is 5.72. The number of allylic oxidation sites excluding steroid dienone is 1. The van der Waals surface area contributed by atoms with Gasteiger partial charge in [0.15, 0.2) is 9.84 Å². The van der Waals surface area contributed by atoms with Gasteiger partial charge in [0.25, 0.3) is 0 Å². The normalized spacial score (nSPS) is 20.8. The van der Waals surface area contributed by atoms with Crippen LogP contribution in [0.1, 0.15) is 12.0 Å². The van der Waals surface area contributed by atoms with E-state index in [4.69, 9.17) is 0 Å². The summed E-state index contributed by atoms with van der Waals surface area (Å²) in [6, 6.07) is 7.50. The Hall–Kier alpha value is -1.62. The molecular weight excluding hydrogens is 250 g/mol. The molecule has 0 aliphatic carbocycles. The molecule has 0 fully saturated rings. The lowest BCUT2D eigenvalue weighted by molar-refractivity contribution is -0.116. The number of hydrogen-bond donors (Lipinski definition) is 1. The number of anilines is 1. The number of sulfone groups is 1. The van der Waals surface area contributed by atoms with Crippen LogP contribution in [0.5, 0.6) is 0 Å². The van der Waals surface area contributed by atoms with Crippen LogP contribution in [-0.4, -0.2) is 20.1 Å². The Morgan fingerprint density at radius 3 is 2.83 bits per heavy atom. The second kappa shape index (κ2) is 4.94. The average molecular weight is 265 g/mol. The number of amides is 1. The van der Waals surface area contributed by atoms with Crippen LogP contribution in [0.25, 0.3) is 0 Å². The van der Waals surface area contributed by atoms with E-state index in [-0.39, 0.29) is 24.0 Å². The minimum Gasteiger partial charge on any atom is -0.326 e. The fourth-order valence-corrected chi connectivity index (χ4v) is 3.34. The van der Waals surface area contributed by atoms with E-state index in [2.05, 4.69) is 5.32 Å². The van der Waals surface area contributed by atoms with Crippen LogP contribution >= 0.6 is 0 Å². The van der Waals surface area contributed by atoms with Crippen molar-refractivity contribution in [2.24, 2.45) is 5.92 Å². The van der Waals surface area contributed by atoms with Crippen LogP contribution in [0.4, 0.5) is 5.69 Å². The fraction of sp³-hybridized carbons (Fsp3) is 0.308. The highest BCUT2D eigenvalue weighted by Crippen LogP contribution is 2.19. The molecule has 0 unspecified atom stereocenters. The van der Waals surface area contributed by atoms with Gasteiger partial charge in [-0.05, 0) is 24.6 Å². The number of benzene rings is 1. The van der Waals surface area contributed by atoms with E-state index in [0.717, 1.165) is 11.3 Å². The number of nitrogens with one attached hydrogen (secondary N) is 1. The molecule has 1 atom stereocenters. The summed E-state index contributed by atoms with van der Waals surface area (Å²) < 4.78 is 22.4. The fourth-order valence-electron chi connectivity index (χ4n) is 1.94. The highest BCUT2D eigenvalue weighted by Gasteiger charge is 2.23. The van der Waals surface area contributed by atoms with Crippen LogP contribution in [0.15, 0.2) is 35.7 Å². The van der Waals surface area contributed by atoms with Gasteiger partial charge in [0.2, 0.25) is 5.91 Å².